The van der Waals surface area contributed by atoms with Crippen LogP contribution in [0, 0.1) is 0 Å². The lowest BCUT2D eigenvalue weighted by atomic mass is 10.1. The fourth-order valence-electron chi connectivity index (χ4n) is 4.02. The van der Waals surface area contributed by atoms with Crippen molar-refractivity contribution in [3.05, 3.63) is 48.0 Å². The zero-order valence-corrected chi connectivity index (χ0v) is 18.4. The molecule has 0 saturated carbocycles. The number of rotatable bonds is 6. The van der Waals surface area contributed by atoms with Crippen molar-refractivity contribution >= 4 is 29.0 Å². The van der Waals surface area contributed by atoms with Crippen LogP contribution in [0.2, 0.25) is 0 Å². The number of ketones is 1. The number of ether oxygens (including phenoxy) is 2. The summed E-state index contributed by atoms with van der Waals surface area (Å²) in [5.41, 5.74) is 1.96. The van der Waals surface area contributed by atoms with E-state index in [0.717, 1.165) is 11.4 Å². The fourth-order valence-corrected chi connectivity index (χ4v) is 4.02. The van der Waals surface area contributed by atoms with Crippen LogP contribution in [0.15, 0.2) is 42.5 Å². The third-order valence-corrected chi connectivity index (χ3v) is 5.74. The van der Waals surface area contributed by atoms with E-state index in [1.807, 2.05) is 31.2 Å². The number of carbonyl (C=O) groups excluding carboxylic acids is 3. The van der Waals surface area contributed by atoms with Crippen molar-refractivity contribution in [2.75, 3.05) is 55.7 Å². The number of nitrogens with zero attached hydrogens (tertiary/aromatic N) is 3. The molecule has 2 heterocycles. The summed E-state index contributed by atoms with van der Waals surface area (Å²) < 4.78 is 11.2. The number of Topliss-reactive ketones (excluding diaryl/α,β-unsaturated/α-hetero) is 1. The number of anilines is 2. The second-order valence-corrected chi connectivity index (χ2v) is 7.78. The highest BCUT2D eigenvalue weighted by Crippen LogP contribution is 2.33. The van der Waals surface area contributed by atoms with Crippen molar-refractivity contribution in [1.82, 2.24) is 4.90 Å². The molecule has 8 nitrogen and oxygen atoms in total. The van der Waals surface area contributed by atoms with Crippen molar-refractivity contribution < 1.29 is 23.9 Å². The summed E-state index contributed by atoms with van der Waals surface area (Å²) >= 11 is 0. The summed E-state index contributed by atoms with van der Waals surface area (Å²) in [4.78, 5) is 42.7. The highest BCUT2D eigenvalue weighted by Gasteiger charge is 2.31. The summed E-state index contributed by atoms with van der Waals surface area (Å²) in [6, 6.07) is 12.9. The minimum Gasteiger partial charge on any atom is -0.492 e. The Morgan fingerprint density at radius 1 is 1.03 bits per heavy atom. The zero-order valence-electron chi connectivity index (χ0n) is 18.4. The van der Waals surface area contributed by atoms with Gasteiger partial charge in [0.25, 0.3) is 5.91 Å². The Hall–Kier alpha value is -3.55. The van der Waals surface area contributed by atoms with Gasteiger partial charge < -0.3 is 19.3 Å². The van der Waals surface area contributed by atoms with Crippen molar-refractivity contribution in [2.24, 2.45) is 0 Å². The van der Waals surface area contributed by atoms with Crippen molar-refractivity contribution in [1.29, 1.82) is 0 Å². The molecule has 2 aliphatic heterocycles. The number of para-hydroxylation sites is 2. The molecule has 8 heteroatoms. The lowest BCUT2D eigenvalue weighted by molar-refractivity contribution is -0.132. The van der Waals surface area contributed by atoms with Gasteiger partial charge in [0.2, 0.25) is 5.91 Å². The number of benzene rings is 2. The number of hydrogen-bond donors (Lipinski definition) is 0. The molecule has 1 fully saturated rings. The molecule has 2 aromatic rings. The number of fused-ring (bicyclic) bond motifs is 1. The van der Waals surface area contributed by atoms with Crippen LogP contribution < -0.4 is 19.3 Å². The van der Waals surface area contributed by atoms with Gasteiger partial charge in [0, 0.05) is 31.7 Å². The van der Waals surface area contributed by atoms with Gasteiger partial charge >= 0.3 is 0 Å². The SMILES string of the molecule is CCOc1ccccc1N1CCN(C(=O)CN2C(=O)COc3ccc(C(C)=O)cc32)CC1. The van der Waals surface area contributed by atoms with Gasteiger partial charge in [0.15, 0.2) is 12.4 Å². The van der Waals surface area contributed by atoms with Crippen LogP contribution in [0.1, 0.15) is 24.2 Å². The number of piperazine rings is 1. The van der Waals surface area contributed by atoms with Gasteiger partial charge in [-0.3, -0.25) is 19.3 Å². The molecule has 0 radical (unpaired) electrons. The van der Waals surface area contributed by atoms with Crippen LogP contribution in [-0.2, 0) is 9.59 Å². The first-order valence-electron chi connectivity index (χ1n) is 10.8. The fraction of sp³-hybridized carbons (Fsp3) is 0.375. The van der Waals surface area contributed by atoms with E-state index >= 15 is 0 Å². The highest BCUT2D eigenvalue weighted by atomic mass is 16.5. The standard InChI is InChI=1S/C24H27N3O5/c1-3-31-21-7-5-4-6-19(21)25-10-12-26(13-11-25)23(29)15-27-20-14-18(17(2)28)8-9-22(20)32-16-24(27)30/h4-9,14H,3,10-13,15-16H2,1-2H3. The van der Waals surface area contributed by atoms with Crippen LogP contribution in [0.3, 0.4) is 0 Å². The second kappa shape index (κ2) is 9.30. The molecule has 168 valence electrons. The van der Waals surface area contributed by atoms with Crippen LogP contribution >= 0.6 is 0 Å². The lowest BCUT2D eigenvalue weighted by Crippen LogP contribution is -2.53. The highest BCUT2D eigenvalue weighted by molar-refractivity contribution is 6.04. The number of carbonyl (C=O) groups is 3. The van der Waals surface area contributed by atoms with Crippen LogP contribution in [0.4, 0.5) is 11.4 Å². The molecule has 0 aliphatic carbocycles. The molecule has 2 aliphatic rings. The summed E-state index contributed by atoms with van der Waals surface area (Å²) in [5, 5.41) is 0. The van der Waals surface area contributed by atoms with Gasteiger partial charge in [-0.1, -0.05) is 12.1 Å². The van der Waals surface area contributed by atoms with Crippen LogP contribution in [0.5, 0.6) is 11.5 Å². The molecule has 1 saturated heterocycles. The quantitative estimate of drug-likeness (QED) is 0.646. The van der Waals surface area contributed by atoms with Crippen molar-refractivity contribution in [3.8, 4) is 11.5 Å². The maximum Gasteiger partial charge on any atom is 0.265 e. The Balaban J connectivity index is 1.43. The maximum absolute atomic E-state index is 13.0. The minimum absolute atomic E-state index is 0.0773. The van der Waals surface area contributed by atoms with Gasteiger partial charge in [0.05, 0.1) is 18.0 Å². The van der Waals surface area contributed by atoms with E-state index < -0.39 is 0 Å². The van der Waals surface area contributed by atoms with E-state index in [9.17, 15) is 14.4 Å². The zero-order chi connectivity index (χ0) is 22.7. The summed E-state index contributed by atoms with van der Waals surface area (Å²) in [6.07, 6.45) is 0. The van der Waals surface area contributed by atoms with Crippen molar-refractivity contribution in [3.63, 3.8) is 0 Å². The molecule has 32 heavy (non-hydrogen) atoms. The molecular weight excluding hydrogens is 410 g/mol. The molecule has 0 atom stereocenters. The predicted octanol–water partition coefficient (Wildman–Crippen LogP) is 2.36. The molecular formula is C24H27N3O5. The van der Waals surface area contributed by atoms with E-state index in [1.54, 1.807) is 23.1 Å². The van der Waals surface area contributed by atoms with Gasteiger partial charge in [-0.05, 0) is 44.2 Å². The van der Waals surface area contributed by atoms with E-state index in [-0.39, 0.29) is 30.7 Å². The Morgan fingerprint density at radius 3 is 2.50 bits per heavy atom. The molecule has 0 aromatic heterocycles. The van der Waals surface area contributed by atoms with Gasteiger partial charge in [-0.15, -0.1) is 0 Å². The van der Waals surface area contributed by atoms with E-state index in [0.29, 0.717) is 49.8 Å². The predicted molar refractivity (Wildman–Crippen MR) is 121 cm³/mol. The first-order valence-corrected chi connectivity index (χ1v) is 10.8. The largest absolute Gasteiger partial charge is 0.492 e. The van der Waals surface area contributed by atoms with Gasteiger partial charge in [0.1, 0.15) is 18.0 Å². The first kappa shape index (κ1) is 21.7. The third kappa shape index (κ3) is 4.39. The Kier molecular flexibility index (Phi) is 6.30. The van der Waals surface area contributed by atoms with E-state index in [1.165, 1.54) is 11.8 Å². The second-order valence-electron chi connectivity index (χ2n) is 7.78. The summed E-state index contributed by atoms with van der Waals surface area (Å²) in [7, 11) is 0. The van der Waals surface area contributed by atoms with Gasteiger partial charge in [-0.25, -0.2) is 0 Å². The Bertz CT molecular complexity index is 1030. The number of hydrogen-bond acceptors (Lipinski definition) is 6. The summed E-state index contributed by atoms with van der Waals surface area (Å²) in [5.74, 6) is 0.805. The third-order valence-electron chi connectivity index (χ3n) is 5.74. The average Bonchev–Trinajstić information content (AvgIpc) is 2.81. The molecule has 0 unspecified atom stereocenters. The Labute approximate surface area is 187 Å². The molecule has 0 spiro atoms. The normalized spacial score (nSPS) is 15.8. The molecule has 4 rings (SSSR count). The molecule has 2 amide bonds. The van der Waals surface area contributed by atoms with Crippen molar-refractivity contribution in [2.45, 2.75) is 13.8 Å². The number of amides is 2. The summed E-state index contributed by atoms with van der Waals surface area (Å²) in [6.45, 7) is 6.28. The molecule has 0 bridgehead atoms. The monoisotopic (exact) mass is 437 g/mol. The topological polar surface area (TPSA) is 79.4 Å². The first-order chi connectivity index (χ1) is 15.5. The van der Waals surface area contributed by atoms with Crippen LogP contribution in [0.25, 0.3) is 0 Å². The maximum atomic E-state index is 13.0. The average molecular weight is 437 g/mol. The van der Waals surface area contributed by atoms with Gasteiger partial charge in [-0.2, -0.15) is 0 Å². The van der Waals surface area contributed by atoms with E-state index in [2.05, 4.69) is 4.90 Å². The minimum atomic E-state index is -0.296. The molecule has 0 N–H and O–H groups in total. The molecule has 2 aromatic carbocycles. The Morgan fingerprint density at radius 2 is 1.78 bits per heavy atom. The smallest absolute Gasteiger partial charge is 0.265 e. The lowest BCUT2D eigenvalue weighted by Gasteiger charge is -2.38. The van der Waals surface area contributed by atoms with Crippen LogP contribution in [-0.4, -0.2) is 68.4 Å². The van der Waals surface area contributed by atoms with E-state index in [4.69, 9.17) is 9.47 Å².